The van der Waals surface area contributed by atoms with E-state index in [0.717, 1.165) is 29.8 Å². The Kier molecular flexibility index (Phi) is 4.27. The fourth-order valence-electron chi connectivity index (χ4n) is 1.74. The van der Waals surface area contributed by atoms with Gasteiger partial charge in [0.15, 0.2) is 0 Å². The summed E-state index contributed by atoms with van der Waals surface area (Å²) in [6, 6.07) is 5.73. The van der Waals surface area contributed by atoms with Gasteiger partial charge in [0, 0.05) is 18.0 Å². The van der Waals surface area contributed by atoms with Crippen molar-refractivity contribution < 1.29 is 4.42 Å². The molecular formula is C15H22N4O. The minimum atomic E-state index is -0.0907. The normalized spacial score (nSPS) is 11.4. The smallest absolute Gasteiger partial charge is 0.138 e. The zero-order valence-electron chi connectivity index (χ0n) is 12.5. The van der Waals surface area contributed by atoms with Gasteiger partial charge < -0.3 is 15.1 Å². The number of hydrogen-bond acceptors (Lipinski definition) is 5. The van der Waals surface area contributed by atoms with Gasteiger partial charge in [-0.2, -0.15) is 0 Å². The highest BCUT2D eigenvalue weighted by Gasteiger charge is 2.19. The second kappa shape index (κ2) is 5.94. The number of nitrogens with one attached hydrogen (secondary N) is 2. The third kappa shape index (κ3) is 3.73. The fourth-order valence-corrected chi connectivity index (χ4v) is 1.74. The van der Waals surface area contributed by atoms with Gasteiger partial charge in [0.05, 0.1) is 12.8 Å². The van der Waals surface area contributed by atoms with Gasteiger partial charge in [0.1, 0.15) is 23.2 Å². The molecule has 0 saturated heterocycles. The molecule has 20 heavy (non-hydrogen) atoms. The molecule has 0 saturated carbocycles. The largest absolute Gasteiger partial charge is 0.467 e. The maximum Gasteiger partial charge on any atom is 0.138 e. The van der Waals surface area contributed by atoms with Gasteiger partial charge in [0.25, 0.3) is 0 Å². The number of furan rings is 1. The Morgan fingerprint density at radius 1 is 1.15 bits per heavy atom. The van der Waals surface area contributed by atoms with Crippen molar-refractivity contribution in [3.05, 3.63) is 36.0 Å². The zero-order chi connectivity index (χ0) is 14.6. The number of hydrogen-bond donors (Lipinski definition) is 2. The molecule has 0 fully saturated rings. The SMILES string of the molecule is CCNc1cc(NCc2ccco2)nc(C(C)(C)C)n1. The van der Waals surface area contributed by atoms with Gasteiger partial charge in [0.2, 0.25) is 0 Å². The van der Waals surface area contributed by atoms with Crippen LogP contribution >= 0.6 is 0 Å². The molecule has 0 spiro atoms. The summed E-state index contributed by atoms with van der Waals surface area (Å²) in [5.74, 6) is 3.34. The maximum atomic E-state index is 5.31. The van der Waals surface area contributed by atoms with Gasteiger partial charge in [-0.15, -0.1) is 0 Å². The van der Waals surface area contributed by atoms with Gasteiger partial charge in [-0.3, -0.25) is 0 Å². The van der Waals surface area contributed by atoms with Crippen LogP contribution in [-0.4, -0.2) is 16.5 Å². The summed E-state index contributed by atoms with van der Waals surface area (Å²) in [6.45, 7) is 9.81. The fraction of sp³-hybridized carbons (Fsp3) is 0.467. The molecule has 0 radical (unpaired) electrons. The van der Waals surface area contributed by atoms with E-state index in [1.807, 2.05) is 18.2 Å². The molecule has 0 aromatic carbocycles. The van der Waals surface area contributed by atoms with Gasteiger partial charge >= 0.3 is 0 Å². The first-order valence-corrected chi connectivity index (χ1v) is 6.88. The number of anilines is 2. The summed E-state index contributed by atoms with van der Waals surface area (Å²) in [5.41, 5.74) is -0.0907. The predicted octanol–water partition coefficient (Wildman–Crippen LogP) is 3.41. The van der Waals surface area contributed by atoms with Crippen LogP contribution in [-0.2, 0) is 12.0 Å². The molecule has 0 aliphatic carbocycles. The lowest BCUT2D eigenvalue weighted by atomic mass is 9.96. The van der Waals surface area contributed by atoms with Crippen LogP contribution in [0.2, 0.25) is 0 Å². The van der Waals surface area contributed by atoms with Crippen molar-refractivity contribution >= 4 is 11.6 Å². The van der Waals surface area contributed by atoms with E-state index in [0.29, 0.717) is 6.54 Å². The maximum absolute atomic E-state index is 5.31. The first-order chi connectivity index (χ1) is 9.49. The van der Waals surface area contributed by atoms with E-state index in [9.17, 15) is 0 Å². The van der Waals surface area contributed by atoms with Crippen molar-refractivity contribution in [1.82, 2.24) is 9.97 Å². The monoisotopic (exact) mass is 274 g/mol. The second-order valence-corrected chi connectivity index (χ2v) is 5.68. The Morgan fingerprint density at radius 3 is 2.40 bits per heavy atom. The molecular weight excluding hydrogens is 252 g/mol. The standard InChI is InChI=1S/C15H22N4O/c1-5-16-12-9-13(17-10-11-7-6-8-20-11)19-14(18-12)15(2,3)4/h6-9H,5,10H2,1-4H3,(H2,16,17,18,19). The summed E-state index contributed by atoms with van der Waals surface area (Å²) < 4.78 is 5.31. The number of rotatable bonds is 5. The summed E-state index contributed by atoms with van der Waals surface area (Å²) >= 11 is 0. The van der Waals surface area contributed by atoms with E-state index in [-0.39, 0.29) is 5.41 Å². The predicted molar refractivity (Wildman–Crippen MR) is 80.9 cm³/mol. The van der Waals surface area contributed by atoms with Crippen molar-refractivity contribution in [2.45, 2.75) is 39.7 Å². The van der Waals surface area contributed by atoms with Gasteiger partial charge in [-0.25, -0.2) is 9.97 Å². The Morgan fingerprint density at radius 2 is 1.85 bits per heavy atom. The van der Waals surface area contributed by atoms with Crippen molar-refractivity contribution in [2.75, 3.05) is 17.2 Å². The number of aromatic nitrogens is 2. The van der Waals surface area contributed by atoms with Gasteiger partial charge in [-0.1, -0.05) is 20.8 Å². The molecule has 5 nitrogen and oxygen atoms in total. The Balaban J connectivity index is 2.20. The minimum Gasteiger partial charge on any atom is -0.467 e. The molecule has 0 amide bonds. The molecule has 5 heteroatoms. The van der Waals surface area contributed by atoms with E-state index >= 15 is 0 Å². The average Bonchev–Trinajstić information content (AvgIpc) is 2.88. The quantitative estimate of drug-likeness (QED) is 0.874. The molecule has 108 valence electrons. The molecule has 0 bridgehead atoms. The van der Waals surface area contributed by atoms with Crippen LogP contribution in [0.3, 0.4) is 0 Å². The third-order valence-corrected chi connectivity index (χ3v) is 2.78. The van der Waals surface area contributed by atoms with Crippen LogP contribution in [0.1, 0.15) is 39.3 Å². The van der Waals surface area contributed by atoms with E-state index in [1.165, 1.54) is 0 Å². The highest BCUT2D eigenvalue weighted by atomic mass is 16.3. The Bertz CT molecular complexity index is 543. The Labute approximate surface area is 119 Å². The molecule has 2 heterocycles. The van der Waals surface area contributed by atoms with E-state index < -0.39 is 0 Å². The van der Waals surface area contributed by atoms with Crippen LogP contribution in [0.15, 0.2) is 28.9 Å². The summed E-state index contributed by atoms with van der Waals surface area (Å²) in [7, 11) is 0. The molecule has 2 rings (SSSR count). The van der Waals surface area contributed by atoms with E-state index in [1.54, 1.807) is 6.26 Å². The zero-order valence-corrected chi connectivity index (χ0v) is 12.5. The van der Waals surface area contributed by atoms with Crippen LogP contribution < -0.4 is 10.6 Å². The molecule has 2 N–H and O–H groups in total. The van der Waals surface area contributed by atoms with Crippen LogP contribution in [0.5, 0.6) is 0 Å². The first-order valence-electron chi connectivity index (χ1n) is 6.88. The third-order valence-electron chi connectivity index (χ3n) is 2.78. The van der Waals surface area contributed by atoms with E-state index in [4.69, 9.17) is 4.42 Å². The molecule has 0 unspecified atom stereocenters. The first kappa shape index (κ1) is 14.4. The second-order valence-electron chi connectivity index (χ2n) is 5.68. The van der Waals surface area contributed by atoms with E-state index in [2.05, 4.69) is 48.3 Å². The van der Waals surface area contributed by atoms with Gasteiger partial charge in [-0.05, 0) is 19.1 Å². The molecule has 2 aromatic heterocycles. The summed E-state index contributed by atoms with van der Waals surface area (Å²) in [5, 5.41) is 6.51. The topological polar surface area (TPSA) is 63.0 Å². The van der Waals surface area contributed by atoms with Crippen molar-refractivity contribution in [1.29, 1.82) is 0 Å². The highest BCUT2D eigenvalue weighted by molar-refractivity contribution is 5.48. The summed E-state index contributed by atoms with van der Waals surface area (Å²) in [4.78, 5) is 9.14. The number of nitrogens with zero attached hydrogens (tertiary/aromatic N) is 2. The lowest BCUT2D eigenvalue weighted by Gasteiger charge is -2.19. The lowest BCUT2D eigenvalue weighted by Crippen LogP contribution is -2.18. The molecule has 2 aromatic rings. The van der Waals surface area contributed by atoms with Crippen molar-refractivity contribution in [3.63, 3.8) is 0 Å². The van der Waals surface area contributed by atoms with Crippen LogP contribution in [0, 0.1) is 0 Å². The average molecular weight is 274 g/mol. The Hall–Kier alpha value is -2.04. The summed E-state index contributed by atoms with van der Waals surface area (Å²) in [6.07, 6.45) is 1.67. The highest BCUT2D eigenvalue weighted by Crippen LogP contribution is 2.22. The van der Waals surface area contributed by atoms with Crippen LogP contribution in [0.4, 0.5) is 11.6 Å². The molecule has 0 aliphatic heterocycles. The van der Waals surface area contributed by atoms with Crippen molar-refractivity contribution in [3.8, 4) is 0 Å². The molecule has 0 aliphatic rings. The molecule has 0 atom stereocenters. The lowest BCUT2D eigenvalue weighted by molar-refractivity contribution is 0.517. The van der Waals surface area contributed by atoms with Crippen LogP contribution in [0.25, 0.3) is 0 Å². The van der Waals surface area contributed by atoms with Crippen molar-refractivity contribution in [2.24, 2.45) is 0 Å². The minimum absolute atomic E-state index is 0.0907.